The fourth-order valence-corrected chi connectivity index (χ4v) is 10.8. The van der Waals surface area contributed by atoms with E-state index in [4.69, 9.17) is 14.2 Å². The summed E-state index contributed by atoms with van der Waals surface area (Å²) in [4.78, 5) is 38.4. The van der Waals surface area contributed by atoms with Gasteiger partial charge in [-0.1, -0.05) is 344 Å². The normalized spacial score (nSPS) is 12.5. The number of unbranched alkanes of at least 4 members (excludes halogenated alkanes) is 44. The first-order chi connectivity index (χ1) is 41.0. The van der Waals surface area contributed by atoms with E-state index in [2.05, 4.69) is 93.7 Å². The van der Waals surface area contributed by atoms with Crippen LogP contribution in [0.2, 0.25) is 0 Å². The van der Waals surface area contributed by atoms with Gasteiger partial charge in [0.15, 0.2) is 6.10 Å². The highest BCUT2D eigenvalue weighted by molar-refractivity contribution is 5.71. The van der Waals surface area contributed by atoms with Crippen molar-refractivity contribution in [2.24, 2.45) is 0 Å². The van der Waals surface area contributed by atoms with Gasteiger partial charge in [-0.15, -0.1) is 0 Å². The summed E-state index contributed by atoms with van der Waals surface area (Å²) in [7, 11) is 0. The van der Waals surface area contributed by atoms with Crippen molar-refractivity contribution in [3.63, 3.8) is 0 Å². The first-order valence-electron chi connectivity index (χ1n) is 36.4. The van der Waals surface area contributed by atoms with E-state index in [1.807, 2.05) is 0 Å². The van der Waals surface area contributed by atoms with Crippen LogP contribution in [0.3, 0.4) is 0 Å². The minimum Gasteiger partial charge on any atom is -0.462 e. The van der Waals surface area contributed by atoms with Gasteiger partial charge in [0.05, 0.1) is 0 Å². The first kappa shape index (κ1) is 79.8. The van der Waals surface area contributed by atoms with Crippen molar-refractivity contribution in [1.29, 1.82) is 0 Å². The van der Waals surface area contributed by atoms with Crippen LogP contribution in [0.1, 0.15) is 380 Å². The van der Waals surface area contributed by atoms with Crippen LogP contribution in [0.25, 0.3) is 0 Å². The number of hydrogen-bond donors (Lipinski definition) is 0. The average molecular weight is 1160 g/mol. The van der Waals surface area contributed by atoms with Gasteiger partial charge in [-0.25, -0.2) is 0 Å². The molecule has 0 rings (SSSR count). The Hall–Kier alpha value is -3.15. The topological polar surface area (TPSA) is 78.9 Å². The highest BCUT2D eigenvalue weighted by Crippen LogP contribution is 2.18. The Bertz CT molecular complexity index is 1520. The number of carbonyl (C=O) groups excluding carboxylic acids is 3. The zero-order valence-electron chi connectivity index (χ0n) is 55.5. The van der Waals surface area contributed by atoms with Crippen LogP contribution < -0.4 is 0 Å². The van der Waals surface area contributed by atoms with Crippen molar-refractivity contribution < 1.29 is 28.6 Å². The molecule has 0 aromatic heterocycles. The van der Waals surface area contributed by atoms with Crippen molar-refractivity contribution in [1.82, 2.24) is 0 Å². The minimum atomic E-state index is -0.795. The molecule has 6 heteroatoms. The van der Waals surface area contributed by atoms with Crippen molar-refractivity contribution in [3.05, 3.63) is 72.9 Å². The molecule has 0 bridgehead atoms. The van der Waals surface area contributed by atoms with E-state index in [1.54, 1.807) is 0 Å². The summed E-state index contributed by atoms with van der Waals surface area (Å²) >= 11 is 0. The van der Waals surface area contributed by atoms with Gasteiger partial charge < -0.3 is 14.2 Å². The summed E-state index contributed by atoms with van der Waals surface area (Å²) in [6, 6.07) is 0. The highest BCUT2D eigenvalue weighted by atomic mass is 16.6. The molecule has 0 amide bonds. The summed E-state index contributed by atoms with van der Waals surface area (Å²) in [6.45, 7) is 6.53. The lowest BCUT2D eigenvalue weighted by Gasteiger charge is -2.18. The highest BCUT2D eigenvalue weighted by Gasteiger charge is 2.19. The maximum atomic E-state index is 12.9. The van der Waals surface area contributed by atoms with E-state index >= 15 is 0 Å². The van der Waals surface area contributed by atoms with Gasteiger partial charge in [-0.3, -0.25) is 14.4 Å². The third-order valence-corrected chi connectivity index (χ3v) is 16.2. The summed E-state index contributed by atoms with van der Waals surface area (Å²) < 4.78 is 17.0. The Morgan fingerprint density at radius 3 is 0.747 bits per heavy atom. The quantitative estimate of drug-likeness (QED) is 0.0261. The van der Waals surface area contributed by atoms with E-state index in [-0.39, 0.29) is 31.1 Å². The number of ether oxygens (including phenoxy) is 3. The smallest absolute Gasteiger partial charge is 0.306 e. The van der Waals surface area contributed by atoms with Crippen LogP contribution in [0, 0.1) is 0 Å². The molecule has 0 aromatic carbocycles. The summed E-state index contributed by atoms with van der Waals surface area (Å²) in [5, 5.41) is 0. The van der Waals surface area contributed by atoms with Crippen LogP contribution in [0.5, 0.6) is 0 Å². The molecule has 0 saturated carbocycles. The van der Waals surface area contributed by atoms with Gasteiger partial charge in [0.2, 0.25) is 0 Å². The Kier molecular flexibility index (Phi) is 68.6. The lowest BCUT2D eigenvalue weighted by atomic mass is 10.0. The first-order valence-corrected chi connectivity index (χ1v) is 36.4. The van der Waals surface area contributed by atoms with E-state index in [0.29, 0.717) is 19.3 Å². The van der Waals surface area contributed by atoms with E-state index in [0.717, 1.165) is 116 Å². The molecule has 6 nitrogen and oxygen atoms in total. The molecule has 1 atom stereocenters. The fraction of sp³-hybridized carbons (Fsp3) is 0.805. The SMILES string of the molecule is CC/C=C\C/C=C\C/C=C\C/C=C\CCCCCCC(=O)OC(COC(=O)CCCCCCC/C=C\C/C=C\CCCCCC)COC(=O)CCCCCCCCCCCCCCCCCCCCCCCCCCCCCCCCCC. The van der Waals surface area contributed by atoms with Crippen LogP contribution in [-0.4, -0.2) is 37.2 Å². The molecular formula is C77H138O6. The molecule has 0 N–H and O–H groups in total. The molecule has 0 saturated heterocycles. The van der Waals surface area contributed by atoms with E-state index in [9.17, 15) is 14.4 Å². The van der Waals surface area contributed by atoms with E-state index in [1.165, 1.54) is 225 Å². The second-order valence-corrected chi connectivity index (χ2v) is 24.5. The summed E-state index contributed by atoms with van der Waals surface area (Å²) in [5.74, 6) is -0.906. The van der Waals surface area contributed by atoms with Crippen LogP contribution in [0.15, 0.2) is 72.9 Å². The molecule has 0 heterocycles. The molecule has 0 radical (unpaired) electrons. The van der Waals surface area contributed by atoms with Crippen molar-refractivity contribution in [3.8, 4) is 0 Å². The molecule has 0 aromatic rings. The second kappa shape index (κ2) is 71.3. The van der Waals surface area contributed by atoms with Crippen molar-refractivity contribution >= 4 is 17.9 Å². The number of allylic oxidation sites excluding steroid dienone is 12. The van der Waals surface area contributed by atoms with Gasteiger partial charge >= 0.3 is 17.9 Å². The molecule has 0 spiro atoms. The lowest BCUT2D eigenvalue weighted by Crippen LogP contribution is -2.30. The van der Waals surface area contributed by atoms with Crippen LogP contribution >= 0.6 is 0 Å². The monoisotopic (exact) mass is 1160 g/mol. The van der Waals surface area contributed by atoms with Crippen molar-refractivity contribution in [2.75, 3.05) is 13.2 Å². The molecule has 0 aliphatic rings. The van der Waals surface area contributed by atoms with Crippen molar-refractivity contribution in [2.45, 2.75) is 386 Å². The lowest BCUT2D eigenvalue weighted by molar-refractivity contribution is -0.167. The minimum absolute atomic E-state index is 0.0872. The zero-order chi connectivity index (χ0) is 59.9. The molecule has 0 fully saturated rings. The van der Waals surface area contributed by atoms with E-state index < -0.39 is 6.10 Å². The third-order valence-electron chi connectivity index (χ3n) is 16.2. The zero-order valence-corrected chi connectivity index (χ0v) is 55.5. The number of esters is 3. The maximum absolute atomic E-state index is 12.9. The fourth-order valence-electron chi connectivity index (χ4n) is 10.8. The third kappa shape index (κ3) is 69.5. The molecule has 0 aliphatic carbocycles. The average Bonchev–Trinajstić information content (AvgIpc) is 3.49. The second-order valence-electron chi connectivity index (χ2n) is 24.5. The Morgan fingerprint density at radius 2 is 0.470 bits per heavy atom. The van der Waals surface area contributed by atoms with Gasteiger partial charge in [-0.05, 0) is 89.9 Å². The Morgan fingerprint density at radius 1 is 0.253 bits per heavy atom. The van der Waals surface area contributed by atoms with Gasteiger partial charge in [-0.2, -0.15) is 0 Å². The Balaban J connectivity index is 4.20. The summed E-state index contributed by atoms with van der Waals surface area (Å²) in [6.07, 6.45) is 93.8. The predicted molar refractivity (Wildman–Crippen MR) is 362 cm³/mol. The van der Waals surface area contributed by atoms with Crippen LogP contribution in [-0.2, 0) is 28.6 Å². The molecular weight excluding hydrogens is 1020 g/mol. The number of rotatable bonds is 67. The Labute approximate surface area is 516 Å². The predicted octanol–water partition coefficient (Wildman–Crippen LogP) is 25.2. The standard InChI is InChI=1S/C77H138O6/c1-4-7-10-13-16-19-22-25-28-31-32-33-34-35-36-37-38-39-40-41-42-43-44-45-47-49-52-55-58-61-64-67-70-76(79)82-73-74(72-81-75(78)69-66-63-60-57-54-51-48-30-27-24-21-18-15-12-9-6-3)83-77(80)71-68-65-62-59-56-53-50-46-29-26-23-20-17-14-11-8-5-2/h8,11,17,20-21,24,26,29-30,48,50,53,74H,4-7,9-10,12-16,18-19,22-23,25,27-28,31-47,49,51-52,54-73H2,1-3H3/b11-8-,20-17-,24-21-,29-26-,48-30-,53-50-. The molecule has 482 valence electrons. The molecule has 1 unspecified atom stereocenters. The number of carbonyl (C=O) groups is 3. The number of hydrogen-bond acceptors (Lipinski definition) is 6. The van der Waals surface area contributed by atoms with Gasteiger partial charge in [0.1, 0.15) is 13.2 Å². The molecule has 83 heavy (non-hydrogen) atoms. The van der Waals surface area contributed by atoms with Crippen LogP contribution in [0.4, 0.5) is 0 Å². The largest absolute Gasteiger partial charge is 0.462 e. The maximum Gasteiger partial charge on any atom is 0.306 e. The summed E-state index contributed by atoms with van der Waals surface area (Å²) in [5.41, 5.74) is 0. The van der Waals surface area contributed by atoms with Gasteiger partial charge in [0.25, 0.3) is 0 Å². The van der Waals surface area contributed by atoms with Gasteiger partial charge in [0, 0.05) is 19.3 Å². The molecule has 0 aliphatic heterocycles.